The van der Waals surface area contributed by atoms with Gasteiger partial charge in [-0.1, -0.05) is 30.9 Å². The molecular formula is C10H11N. The minimum atomic E-state index is 1.01. The summed E-state index contributed by atoms with van der Waals surface area (Å²) in [7, 11) is 0. The van der Waals surface area contributed by atoms with Crippen molar-refractivity contribution in [3.05, 3.63) is 41.5 Å². The van der Waals surface area contributed by atoms with Crippen molar-refractivity contribution < 1.29 is 0 Å². The number of benzene rings is 1. The van der Waals surface area contributed by atoms with E-state index in [1.807, 2.05) is 6.08 Å². The average Bonchev–Trinajstić information content (AvgIpc) is 2.50. The molecule has 1 N–H and O–H groups in total. The average molecular weight is 145 g/mol. The molecule has 0 saturated carbocycles. The number of hydrogen-bond acceptors (Lipinski definition) is 1. The van der Waals surface area contributed by atoms with Gasteiger partial charge in [0.1, 0.15) is 0 Å². The molecule has 0 saturated heterocycles. The molecule has 1 aliphatic heterocycles. The Bertz CT molecular complexity index is 289. The van der Waals surface area contributed by atoms with Gasteiger partial charge in [-0.05, 0) is 16.7 Å². The predicted molar refractivity (Wildman–Crippen MR) is 47.1 cm³/mol. The van der Waals surface area contributed by atoms with Crippen LogP contribution >= 0.6 is 0 Å². The van der Waals surface area contributed by atoms with E-state index in [9.17, 15) is 0 Å². The van der Waals surface area contributed by atoms with Crippen LogP contribution in [0.2, 0.25) is 0 Å². The lowest BCUT2D eigenvalue weighted by Gasteiger charge is -1.97. The fourth-order valence-electron chi connectivity index (χ4n) is 1.44. The molecule has 1 heterocycles. The molecule has 1 aliphatic rings. The highest BCUT2D eigenvalue weighted by Gasteiger charge is 2.08. The van der Waals surface area contributed by atoms with Crippen molar-refractivity contribution in [1.29, 1.82) is 0 Å². The first-order valence-corrected chi connectivity index (χ1v) is 3.85. The van der Waals surface area contributed by atoms with E-state index in [1.54, 1.807) is 0 Å². The first-order valence-electron chi connectivity index (χ1n) is 3.85. The van der Waals surface area contributed by atoms with Crippen LogP contribution in [0, 0.1) is 0 Å². The lowest BCUT2D eigenvalue weighted by atomic mass is 10.1. The van der Waals surface area contributed by atoms with Gasteiger partial charge in [0.2, 0.25) is 0 Å². The molecule has 0 fully saturated rings. The van der Waals surface area contributed by atoms with Crippen LogP contribution in [0.5, 0.6) is 0 Å². The number of nitrogens with one attached hydrogen (secondary N) is 1. The van der Waals surface area contributed by atoms with Crippen molar-refractivity contribution in [1.82, 2.24) is 5.32 Å². The molecule has 2 rings (SSSR count). The molecule has 0 amide bonds. The van der Waals surface area contributed by atoms with E-state index >= 15 is 0 Å². The molecule has 0 radical (unpaired) electrons. The zero-order valence-electron chi connectivity index (χ0n) is 6.43. The number of rotatable bonds is 1. The van der Waals surface area contributed by atoms with Crippen LogP contribution in [0.25, 0.3) is 6.08 Å². The zero-order chi connectivity index (χ0) is 7.68. The molecular weight excluding hydrogens is 134 g/mol. The highest BCUT2D eigenvalue weighted by Crippen LogP contribution is 2.17. The van der Waals surface area contributed by atoms with Crippen molar-refractivity contribution in [3.63, 3.8) is 0 Å². The van der Waals surface area contributed by atoms with Gasteiger partial charge in [0.05, 0.1) is 0 Å². The second kappa shape index (κ2) is 2.51. The maximum absolute atomic E-state index is 3.74. The lowest BCUT2D eigenvalue weighted by Crippen LogP contribution is -1.99. The molecule has 0 atom stereocenters. The number of fused-ring (bicyclic) bond motifs is 1. The molecule has 1 heteroatoms. The van der Waals surface area contributed by atoms with Crippen LogP contribution in [-0.4, -0.2) is 0 Å². The summed E-state index contributed by atoms with van der Waals surface area (Å²) in [4.78, 5) is 0. The molecule has 1 aromatic carbocycles. The minimum Gasteiger partial charge on any atom is -0.309 e. The Morgan fingerprint density at radius 3 is 2.91 bits per heavy atom. The standard InChI is InChI=1S/C10H11N/c1-2-8-3-4-9-6-11-7-10(9)5-8/h2-5,11H,1,6-7H2. The Hall–Kier alpha value is -1.08. The van der Waals surface area contributed by atoms with E-state index < -0.39 is 0 Å². The molecule has 1 aromatic rings. The molecule has 1 nitrogen and oxygen atoms in total. The zero-order valence-corrected chi connectivity index (χ0v) is 6.43. The van der Waals surface area contributed by atoms with Gasteiger partial charge in [-0.2, -0.15) is 0 Å². The fraction of sp³-hybridized carbons (Fsp3) is 0.200. The van der Waals surface area contributed by atoms with Gasteiger partial charge in [0.15, 0.2) is 0 Å². The van der Waals surface area contributed by atoms with Crippen LogP contribution in [0.1, 0.15) is 16.7 Å². The monoisotopic (exact) mass is 145 g/mol. The summed E-state index contributed by atoms with van der Waals surface area (Å²) in [6, 6.07) is 6.48. The van der Waals surface area contributed by atoms with E-state index in [-0.39, 0.29) is 0 Å². The summed E-state index contributed by atoms with van der Waals surface area (Å²) < 4.78 is 0. The van der Waals surface area contributed by atoms with Gasteiger partial charge < -0.3 is 5.32 Å². The van der Waals surface area contributed by atoms with Gasteiger partial charge in [-0.15, -0.1) is 0 Å². The van der Waals surface area contributed by atoms with Gasteiger partial charge >= 0.3 is 0 Å². The maximum atomic E-state index is 3.74. The SMILES string of the molecule is C=Cc1ccc2c(c1)CNC2. The van der Waals surface area contributed by atoms with E-state index in [1.165, 1.54) is 16.7 Å². The molecule has 0 unspecified atom stereocenters. The molecule has 0 bridgehead atoms. The Kier molecular flexibility index (Phi) is 1.51. The van der Waals surface area contributed by atoms with Gasteiger partial charge in [0, 0.05) is 13.1 Å². The maximum Gasteiger partial charge on any atom is 0.0212 e. The Morgan fingerprint density at radius 2 is 2.09 bits per heavy atom. The van der Waals surface area contributed by atoms with Crippen molar-refractivity contribution in [2.45, 2.75) is 13.1 Å². The largest absolute Gasteiger partial charge is 0.309 e. The van der Waals surface area contributed by atoms with Crippen molar-refractivity contribution in [3.8, 4) is 0 Å². The van der Waals surface area contributed by atoms with Crippen LogP contribution in [0.15, 0.2) is 24.8 Å². The normalized spacial score (nSPS) is 14.5. The Labute approximate surface area is 66.7 Å². The smallest absolute Gasteiger partial charge is 0.0212 e. The van der Waals surface area contributed by atoms with Crippen LogP contribution < -0.4 is 5.32 Å². The van der Waals surface area contributed by atoms with E-state index in [0.29, 0.717) is 0 Å². The van der Waals surface area contributed by atoms with Gasteiger partial charge in [-0.25, -0.2) is 0 Å². The molecule has 11 heavy (non-hydrogen) atoms. The summed E-state index contributed by atoms with van der Waals surface area (Å²) >= 11 is 0. The first-order chi connectivity index (χ1) is 5.40. The first kappa shape index (κ1) is 6.62. The highest BCUT2D eigenvalue weighted by atomic mass is 14.9. The summed E-state index contributed by atoms with van der Waals surface area (Å²) in [6.07, 6.45) is 1.89. The summed E-state index contributed by atoms with van der Waals surface area (Å²) in [6.45, 7) is 5.77. The van der Waals surface area contributed by atoms with Crippen molar-refractivity contribution in [2.75, 3.05) is 0 Å². The third kappa shape index (κ3) is 1.08. The summed E-state index contributed by atoms with van der Waals surface area (Å²) in [5, 5.41) is 3.30. The van der Waals surface area contributed by atoms with Crippen LogP contribution in [0.4, 0.5) is 0 Å². The van der Waals surface area contributed by atoms with Crippen molar-refractivity contribution >= 4 is 6.08 Å². The Balaban J connectivity index is 2.48. The van der Waals surface area contributed by atoms with Gasteiger partial charge in [0.25, 0.3) is 0 Å². The summed E-state index contributed by atoms with van der Waals surface area (Å²) in [5.41, 5.74) is 4.06. The van der Waals surface area contributed by atoms with E-state index in [0.717, 1.165) is 13.1 Å². The molecule has 56 valence electrons. The fourth-order valence-corrected chi connectivity index (χ4v) is 1.44. The van der Waals surface area contributed by atoms with Gasteiger partial charge in [-0.3, -0.25) is 0 Å². The van der Waals surface area contributed by atoms with Crippen LogP contribution in [-0.2, 0) is 13.1 Å². The Morgan fingerprint density at radius 1 is 1.27 bits per heavy atom. The summed E-state index contributed by atoms with van der Waals surface area (Å²) in [5.74, 6) is 0. The quantitative estimate of drug-likeness (QED) is 0.636. The molecule has 0 aromatic heterocycles. The second-order valence-corrected chi connectivity index (χ2v) is 2.84. The number of hydrogen-bond donors (Lipinski definition) is 1. The minimum absolute atomic E-state index is 1.01. The topological polar surface area (TPSA) is 12.0 Å². The van der Waals surface area contributed by atoms with E-state index in [4.69, 9.17) is 0 Å². The lowest BCUT2D eigenvalue weighted by molar-refractivity contribution is 0.765. The molecule has 0 spiro atoms. The van der Waals surface area contributed by atoms with Crippen LogP contribution in [0.3, 0.4) is 0 Å². The molecule has 0 aliphatic carbocycles. The third-order valence-corrected chi connectivity index (χ3v) is 2.10. The van der Waals surface area contributed by atoms with E-state index in [2.05, 4.69) is 30.1 Å². The predicted octanol–water partition coefficient (Wildman–Crippen LogP) is 1.93. The highest BCUT2D eigenvalue weighted by molar-refractivity contribution is 5.50. The van der Waals surface area contributed by atoms with Crippen molar-refractivity contribution in [2.24, 2.45) is 0 Å². The third-order valence-electron chi connectivity index (χ3n) is 2.10. The second-order valence-electron chi connectivity index (χ2n) is 2.84.